The molecule has 0 fully saturated rings. The van der Waals surface area contributed by atoms with Crippen LogP contribution in [0.3, 0.4) is 0 Å². The Kier molecular flexibility index (Phi) is 3.99. The molecule has 0 saturated carbocycles. The lowest BCUT2D eigenvalue weighted by atomic mass is 10.0. The van der Waals surface area contributed by atoms with Gasteiger partial charge in [0, 0.05) is 23.2 Å². The second-order valence-electron chi connectivity index (χ2n) is 4.16. The Morgan fingerprint density at radius 3 is 2.83 bits per heavy atom. The third-order valence-electron chi connectivity index (χ3n) is 2.54. The van der Waals surface area contributed by atoms with Gasteiger partial charge in [-0.25, -0.2) is 4.98 Å². The van der Waals surface area contributed by atoms with Crippen LogP contribution in [0.15, 0.2) is 23.6 Å². The van der Waals surface area contributed by atoms with Crippen molar-refractivity contribution in [1.29, 1.82) is 0 Å². The van der Waals surface area contributed by atoms with Crippen LogP contribution < -0.4 is 5.73 Å². The molecule has 2 N–H and O–H groups in total. The van der Waals surface area contributed by atoms with Gasteiger partial charge in [-0.05, 0) is 24.1 Å². The number of benzene rings is 1. The number of thiazole rings is 1. The van der Waals surface area contributed by atoms with Crippen LogP contribution in [-0.2, 0) is 17.6 Å². The van der Waals surface area contributed by atoms with E-state index in [2.05, 4.69) is 4.98 Å². The molecular formula is C13H13ClN2OS. The van der Waals surface area contributed by atoms with E-state index in [1.165, 1.54) is 11.3 Å². The second kappa shape index (κ2) is 5.50. The smallest absolute Gasteiger partial charge is 0.180 e. The third kappa shape index (κ3) is 3.31. The molecule has 0 spiro atoms. The van der Waals surface area contributed by atoms with Crippen LogP contribution in [0.2, 0.25) is 5.02 Å². The minimum Gasteiger partial charge on any atom is -0.375 e. The van der Waals surface area contributed by atoms with Gasteiger partial charge >= 0.3 is 0 Å². The fourth-order valence-corrected chi connectivity index (χ4v) is 2.54. The van der Waals surface area contributed by atoms with Crippen molar-refractivity contribution in [2.45, 2.75) is 19.8 Å². The summed E-state index contributed by atoms with van der Waals surface area (Å²) in [6.07, 6.45) is 0.633. The van der Waals surface area contributed by atoms with Gasteiger partial charge in [0.1, 0.15) is 5.78 Å². The first kappa shape index (κ1) is 13.1. The maximum Gasteiger partial charge on any atom is 0.180 e. The number of anilines is 1. The highest BCUT2D eigenvalue weighted by Gasteiger charge is 2.10. The van der Waals surface area contributed by atoms with Gasteiger partial charge in [-0.2, -0.15) is 0 Å². The number of nitrogen functional groups attached to an aromatic ring is 1. The number of carbonyl (C=O) groups excluding carboxylic acids is 1. The second-order valence-corrected chi connectivity index (χ2v) is 5.46. The molecule has 18 heavy (non-hydrogen) atoms. The SMILES string of the molecule is Cc1ccc(CC(=O)Cc2csc(N)n2)c(Cl)c1. The normalized spacial score (nSPS) is 10.6. The van der Waals surface area contributed by atoms with Crippen LogP contribution in [0.1, 0.15) is 16.8 Å². The molecular weight excluding hydrogens is 268 g/mol. The van der Waals surface area contributed by atoms with Crippen LogP contribution in [0.25, 0.3) is 0 Å². The average Bonchev–Trinajstić information content (AvgIpc) is 2.68. The van der Waals surface area contributed by atoms with E-state index in [0.717, 1.165) is 16.8 Å². The van der Waals surface area contributed by atoms with Gasteiger partial charge in [-0.15, -0.1) is 11.3 Å². The number of rotatable bonds is 4. The Morgan fingerprint density at radius 2 is 2.22 bits per heavy atom. The molecule has 0 radical (unpaired) electrons. The molecule has 0 aliphatic carbocycles. The molecule has 2 aromatic rings. The molecule has 0 bridgehead atoms. The highest BCUT2D eigenvalue weighted by atomic mass is 35.5. The first-order chi connectivity index (χ1) is 8.54. The number of carbonyl (C=O) groups is 1. The van der Waals surface area contributed by atoms with Crippen molar-refractivity contribution < 1.29 is 4.79 Å². The predicted molar refractivity (Wildman–Crippen MR) is 75.1 cm³/mol. The summed E-state index contributed by atoms with van der Waals surface area (Å²) in [5.74, 6) is 0.0889. The van der Waals surface area contributed by atoms with Gasteiger partial charge in [0.2, 0.25) is 0 Å². The summed E-state index contributed by atoms with van der Waals surface area (Å²) in [7, 11) is 0. The summed E-state index contributed by atoms with van der Waals surface area (Å²) in [6.45, 7) is 1.97. The molecule has 0 atom stereocenters. The van der Waals surface area contributed by atoms with Crippen LogP contribution in [0.5, 0.6) is 0 Å². The zero-order valence-electron chi connectivity index (χ0n) is 9.94. The van der Waals surface area contributed by atoms with Crippen LogP contribution in [-0.4, -0.2) is 10.8 Å². The molecule has 0 aliphatic heterocycles. The lowest BCUT2D eigenvalue weighted by molar-refractivity contribution is -0.117. The average molecular weight is 281 g/mol. The van der Waals surface area contributed by atoms with Gasteiger partial charge in [0.15, 0.2) is 5.13 Å². The highest BCUT2D eigenvalue weighted by Crippen LogP contribution is 2.19. The summed E-state index contributed by atoms with van der Waals surface area (Å²) >= 11 is 7.44. The van der Waals surface area contributed by atoms with Crippen LogP contribution >= 0.6 is 22.9 Å². The Labute approximate surface area is 115 Å². The maximum absolute atomic E-state index is 11.9. The molecule has 0 amide bonds. The Morgan fingerprint density at radius 1 is 1.44 bits per heavy atom. The molecule has 5 heteroatoms. The largest absolute Gasteiger partial charge is 0.375 e. The maximum atomic E-state index is 11.9. The van der Waals surface area contributed by atoms with Crippen molar-refractivity contribution in [3.8, 4) is 0 Å². The van der Waals surface area contributed by atoms with Gasteiger partial charge in [0.25, 0.3) is 0 Å². The Hall–Kier alpha value is -1.39. The van der Waals surface area contributed by atoms with E-state index in [0.29, 0.717) is 23.0 Å². The first-order valence-corrected chi connectivity index (χ1v) is 6.77. The fourth-order valence-electron chi connectivity index (χ4n) is 1.68. The third-order valence-corrected chi connectivity index (χ3v) is 3.62. The minimum atomic E-state index is 0.0889. The predicted octanol–water partition coefficient (Wildman–Crippen LogP) is 3.04. The topological polar surface area (TPSA) is 56.0 Å². The number of aryl methyl sites for hydroxylation is 1. The van der Waals surface area contributed by atoms with Gasteiger partial charge < -0.3 is 5.73 Å². The van der Waals surface area contributed by atoms with Crippen molar-refractivity contribution in [2.75, 3.05) is 5.73 Å². The van der Waals surface area contributed by atoms with Crippen molar-refractivity contribution in [2.24, 2.45) is 0 Å². The van der Waals surface area contributed by atoms with Gasteiger partial charge in [-0.3, -0.25) is 4.79 Å². The number of Topliss-reactive ketones (excluding diaryl/α,β-unsaturated/α-hetero) is 1. The molecule has 0 unspecified atom stereocenters. The van der Waals surface area contributed by atoms with Crippen molar-refractivity contribution in [1.82, 2.24) is 4.98 Å². The number of halogens is 1. The van der Waals surface area contributed by atoms with Gasteiger partial charge in [-0.1, -0.05) is 23.7 Å². The Balaban J connectivity index is 2.03. The van der Waals surface area contributed by atoms with E-state index >= 15 is 0 Å². The quantitative estimate of drug-likeness (QED) is 0.936. The summed E-state index contributed by atoms with van der Waals surface area (Å²) in [5, 5.41) is 2.94. The van der Waals surface area contributed by atoms with E-state index in [1.807, 2.05) is 30.5 Å². The summed E-state index contributed by atoms with van der Waals surface area (Å²) in [6, 6.07) is 5.71. The molecule has 1 heterocycles. The zero-order valence-corrected chi connectivity index (χ0v) is 11.5. The van der Waals surface area contributed by atoms with Gasteiger partial charge in [0.05, 0.1) is 5.69 Å². The number of nitrogens with two attached hydrogens (primary N) is 1. The first-order valence-electron chi connectivity index (χ1n) is 5.51. The van der Waals surface area contributed by atoms with Crippen molar-refractivity contribution in [3.05, 3.63) is 45.4 Å². The number of hydrogen-bond donors (Lipinski definition) is 1. The van der Waals surface area contributed by atoms with E-state index in [9.17, 15) is 4.79 Å². The van der Waals surface area contributed by atoms with Crippen molar-refractivity contribution in [3.63, 3.8) is 0 Å². The van der Waals surface area contributed by atoms with E-state index in [-0.39, 0.29) is 5.78 Å². The van der Waals surface area contributed by atoms with E-state index < -0.39 is 0 Å². The number of hydrogen-bond acceptors (Lipinski definition) is 4. The molecule has 1 aromatic heterocycles. The highest BCUT2D eigenvalue weighted by molar-refractivity contribution is 7.13. The Bertz CT molecular complexity index is 580. The lowest BCUT2D eigenvalue weighted by Gasteiger charge is -2.04. The molecule has 0 saturated heterocycles. The fraction of sp³-hybridized carbons (Fsp3) is 0.231. The van der Waals surface area contributed by atoms with E-state index in [1.54, 1.807) is 0 Å². The van der Waals surface area contributed by atoms with Crippen LogP contribution in [0, 0.1) is 6.92 Å². The molecule has 3 nitrogen and oxygen atoms in total. The van der Waals surface area contributed by atoms with Crippen molar-refractivity contribution >= 4 is 33.9 Å². The monoisotopic (exact) mass is 280 g/mol. The standard InChI is InChI=1S/C13H13ClN2OS/c1-8-2-3-9(12(14)4-8)5-11(17)6-10-7-18-13(15)16-10/h2-4,7H,5-6H2,1H3,(H2,15,16). The molecule has 2 rings (SSSR count). The summed E-state index contributed by atoms with van der Waals surface area (Å²) in [4.78, 5) is 16.0. The lowest BCUT2D eigenvalue weighted by Crippen LogP contribution is -2.07. The zero-order chi connectivity index (χ0) is 13.1. The summed E-state index contributed by atoms with van der Waals surface area (Å²) < 4.78 is 0. The summed E-state index contributed by atoms with van der Waals surface area (Å²) in [5.41, 5.74) is 8.19. The molecule has 0 aliphatic rings. The molecule has 1 aromatic carbocycles. The molecule has 94 valence electrons. The number of nitrogens with zero attached hydrogens (tertiary/aromatic N) is 1. The van der Waals surface area contributed by atoms with Crippen LogP contribution in [0.4, 0.5) is 5.13 Å². The van der Waals surface area contributed by atoms with E-state index in [4.69, 9.17) is 17.3 Å². The number of ketones is 1. The number of aromatic nitrogens is 1. The minimum absolute atomic E-state index is 0.0889.